The van der Waals surface area contributed by atoms with Crippen LogP contribution in [0.4, 0.5) is 5.95 Å². The summed E-state index contributed by atoms with van der Waals surface area (Å²) in [5.41, 5.74) is 5.59. The quantitative estimate of drug-likeness (QED) is 0.577. The van der Waals surface area contributed by atoms with Gasteiger partial charge in [-0.3, -0.25) is 9.47 Å². The second-order valence-electron chi connectivity index (χ2n) is 4.42. The van der Waals surface area contributed by atoms with E-state index in [1.165, 1.54) is 11.8 Å². The van der Waals surface area contributed by atoms with Crippen molar-refractivity contribution >= 4 is 17.7 Å². The monoisotopic (exact) mass is 272 g/mol. The average molecular weight is 272 g/mol. The van der Waals surface area contributed by atoms with Gasteiger partial charge in [-0.25, -0.2) is 0 Å². The molecule has 1 atom stereocenters. The summed E-state index contributed by atoms with van der Waals surface area (Å²) < 4.78 is 1.72. The van der Waals surface area contributed by atoms with Gasteiger partial charge in [-0.05, 0) is 0 Å². The molecule has 1 aromatic heterocycles. The fraction of sp³-hybridized carbons (Fsp3) is 0.800. The standard InChI is InChI=1S/C10H20N6OS/c1-15-9(11)13-14-10(15)18-7-8(17)6-16-4-2-12-3-5-16/h8,12,17H,2-7H2,1H3,(H2,11,13). The lowest BCUT2D eigenvalue weighted by Gasteiger charge is -2.28. The molecule has 0 aromatic carbocycles. The van der Waals surface area contributed by atoms with Crippen molar-refractivity contribution < 1.29 is 5.11 Å². The Bertz CT molecular complexity index is 378. The number of nitrogens with zero attached hydrogens (tertiary/aromatic N) is 4. The Morgan fingerprint density at radius 2 is 2.17 bits per heavy atom. The van der Waals surface area contributed by atoms with Crippen LogP contribution in [0.1, 0.15) is 0 Å². The first-order valence-electron chi connectivity index (χ1n) is 6.05. The molecule has 0 amide bonds. The third kappa shape index (κ3) is 3.58. The minimum Gasteiger partial charge on any atom is -0.391 e. The number of piperazine rings is 1. The maximum Gasteiger partial charge on any atom is 0.222 e. The van der Waals surface area contributed by atoms with Crippen LogP contribution in [0, 0.1) is 0 Å². The first-order chi connectivity index (χ1) is 8.66. The van der Waals surface area contributed by atoms with E-state index in [1.54, 1.807) is 4.57 Å². The highest BCUT2D eigenvalue weighted by molar-refractivity contribution is 7.99. The SMILES string of the molecule is Cn1c(N)nnc1SCC(O)CN1CCNCC1. The van der Waals surface area contributed by atoms with E-state index in [9.17, 15) is 5.11 Å². The van der Waals surface area contributed by atoms with Crippen molar-refractivity contribution in [3.05, 3.63) is 0 Å². The molecular weight excluding hydrogens is 252 g/mol. The van der Waals surface area contributed by atoms with E-state index >= 15 is 0 Å². The normalized spacial score (nSPS) is 19.0. The summed E-state index contributed by atoms with van der Waals surface area (Å²) >= 11 is 1.48. The lowest BCUT2D eigenvalue weighted by Crippen LogP contribution is -2.46. The summed E-state index contributed by atoms with van der Waals surface area (Å²) in [6.07, 6.45) is -0.356. The maximum atomic E-state index is 9.99. The predicted octanol–water partition coefficient (Wildman–Crippen LogP) is -1.24. The molecule has 18 heavy (non-hydrogen) atoms. The van der Waals surface area contributed by atoms with Crippen LogP contribution < -0.4 is 11.1 Å². The number of nitrogen functional groups attached to an aromatic ring is 1. The summed E-state index contributed by atoms with van der Waals surface area (Å²) in [6.45, 7) is 4.71. The Balaban J connectivity index is 1.74. The zero-order chi connectivity index (χ0) is 13.0. The second-order valence-corrected chi connectivity index (χ2v) is 5.40. The fourth-order valence-electron chi connectivity index (χ4n) is 1.87. The molecule has 102 valence electrons. The first kappa shape index (κ1) is 13.6. The molecule has 8 heteroatoms. The zero-order valence-corrected chi connectivity index (χ0v) is 11.4. The van der Waals surface area contributed by atoms with Crippen molar-refractivity contribution in [2.75, 3.05) is 44.2 Å². The smallest absolute Gasteiger partial charge is 0.222 e. The van der Waals surface area contributed by atoms with Crippen molar-refractivity contribution in [1.82, 2.24) is 25.0 Å². The lowest BCUT2D eigenvalue weighted by atomic mass is 10.3. The molecule has 2 heterocycles. The van der Waals surface area contributed by atoms with E-state index in [0.717, 1.165) is 31.3 Å². The van der Waals surface area contributed by atoms with Gasteiger partial charge in [-0.2, -0.15) is 0 Å². The number of aliphatic hydroxyl groups is 1. The molecule has 1 aliphatic heterocycles. The second kappa shape index (κ2) is 6.37. The van der Waals surface area contributed by atoms with Crippen LogP contribution in [-0.4, -0.2) is 69.4 Å². The topological polar surface area (TPSA) is 92.2 Å². The van der Waals surface area contributed by atoms with Gasteiger partial charge in [0.15, 0.2) is 5.16 Å². The molecule has 0 radical (unpaired) electrons. The predicted molar refractivity (Wildman–Crippen MR) is 71.5 cm³/mol. The number of β-amino-alcohol motifs (C(OH)–C–C–N with tert-alkyl or cyclic N) is 1. The van der Waals surface area contributed by atoms with Crippen LogP contribution in [0.25, 0.3) is 0 Å². The third-order valence-electron chi connectivity index (χ3n) is 2.95. The number of hydrogen-bond acceptors (Lipinski definition) is 7. The molecule has 0 spiro atoms. The summed E-state index contributed by atoms with van der Waals surface area (Å²) in [7, 11) is 1.82. The summed E-state index contributed by atoms with van der Waals surface area (Å²) in [6, 6.07) is 0. The molecule has 7 nitrogen and oxygen atoms in total. The number of aromatic nitrogens is 3. The number of nitrogens with one attached hydrogen (secondary N) is 1. The van der Waals surface area contributed by atoms with Crippen LogP contribution >= 0.6 is 11.8 Å². The van der Waals surface area contributed by atoms with Gasteiger partial charge in [-0.15, -0.1) is 10.2 Å². The molecule has 0 bridgehead atoms. The molecule has 1 aromatic rings. The van der Waals surface area contributed by atoms with Gasteiger partial charge in [0.2, 0.25) is 5.95 Å². The van der Waals surface area contributed by atoms with E-state index < -0.39 is 0 Å². The van der Waals surface area contributed by atoms with E-state index in [4.69, 9.17) is 5.73 Å². The molecule has 1 saturated heterocycles. The van der Waals surface area contributed by atoms with E-state index in [-0.39, 0.29) is 6.10 Å². The largest absolute Gasteiger partial charge is 0.391 e. The highest BCUT2D eigenvalue weighted by Crippen LogP contribution is 2.17. The van der Waals surface area contributed by atoms with Gasteiger partial charge in [0.05, 0.1) is 6.10 Å². The minimum absolute atomic E-state index is 0.356. The lowest BCUT2D eigenvalue weighted by molar-refractivity contribution is 0.121. The molecule has 4 N–H and O–H groups in total. The fourth-order valence-corrected chi connectivity index (χ4v) is 2.70. The first-order valence-corrected chi connectivity index (χ1v) is 7.04. The number of rotatable bonds is 5. The van der Waals surface area contributed by atoms with Crippen LogP contribution in [0.2, 0.25) is 0 Å². The number of nitrogens with two attached hydrogens (primary N) is 1. The minimum atomic E-state index is -0.356. The molecule has 0 aliphatic carbocycles. The van der Waals surface area contributed by atoms with Gasteiger partial charge in [0.1, 0.15) is 0 Å². The number of hydrogen-bond donors (Lipinski definition) is 3. The van der Waals surface area contributed by atoms with E-state index in [1.807, 2.05) is 7.05 Å². The zero-order valence-electron chi connectivity index (χ0n) is 10.5. The van der Waals surface area contributed by atoms with Gasteiger partial charge in [-0.1, -0.05) is 11.8 Å². The summed E-state index contributed by atoms with van der Waals surface area (Å²) in [5, 5.41) is 21.8. The van der Waals surface area contributed by atoms with Crippen LogP contribution in [0.5, 0.6) is 0 Å². The Morgan fingerprint density at radius 1 is 1.44 bits per heavy atom. The molecule has 1 aliphatic rings. The van der Waals surface area contributed by atoms with Gasteiger partial charge < -0.3 is 16.2 Å². The molecular formula is C10H20N6OS. The summed E-state index contributed by atoms with van der Waals surface area (Å²) in [4.78, 5) is 2.27. The van der Waals surface area contributed by atoms with E-state index in [0.29, 0.717) is 18.2 Å². The number of aliphatic hydroxyl groups excluding tert-OH is 1. The highest BCUT2D eigenvalue weighted by Gasteiger charge is 2.15. The van der Waals surface area contributed by atoms with Gasteiger partial charge >= 0.3 is 0 Å². The van der Waals surface area contributed by atoms with Crippen LogP contribution in [0.3, 0.4) is 0 Å². The van der Waals surface area contributed by atoms with Crippen LogP contribution in [-0.2, 0) is 7.05 Å². The van der Waals surface area contributed by atoms with Crippen molar-refractivity contribution in [2.24, 2.45) is 7.05 Å². The van der Waals surface area contributed by atoms with E-state index in [2.05, 4.69) is 20.4 Å². The average Bonchev–Trinajstić information content (AvgIpc) is 2.69. The Kier molecular flexibility index (Phi) is 4.81. The highest BCUT2D eigenvalue weighted by atomic mass is 32.2. The maximum absolute atomic E-state index is 9.99. The van der Waals surface area contributed by atoms with Crippen molar-refractivity contribution in [3.63, 3.8) is 0 Å². The van der Waals surface area contributed by atoms with Gasteiger partial charge in [0.25, 0.3) is 0 Å². The molecule has 1 unspecified atom stereocenters. The van der Waals surface area contributed by atoms with Crippen molar-refractivity contribution in [2.45, 2.75) is 11.3 Å². The summed E-state index contributed by atoms with van der Waals surface area (Å²) in [5.74, 6) is 1.00. The van der Waals surface area contributed by atoms with Gasteiger partial charge in [0, 0.05) is 45.5 Å². The van der Waals surface area contributed by atoms with Crippen molar-refractivity contribution in [1.29, 1.82) is 0 Å². The van der Waals surface area contributed by atoms with Crippen LogP contribution in [0.15, 0.2) is 5.16 Å². The Labute approximate surface area is 111 Å². The number of anilines is 1. The number of thioether (sulfide) groups is 1. The van der Waals surface area contributed by atoms with Crippen molar-refractivity contribution in [3.8, 4) is 0 Å². The molecule has 2 rings (SSSR count). The Hall–Kier alpha value is -0.830. The molecule has 0 saturated carbocycles. The molecule has 1 fully saturated rings. The Morgan fingerprint density at radius 3 is 2.78 bits per heavy atom. The third-order valence-corrected chi connectivity index (χ3v) is 4.12.